The lowest BCUT2D eigenvalue weighted by Gasteiger charge is -2.53. The maximum Gasteiger partial charge on any atom is 0.417 e. The van der Waals surface area contributed by atoms with Crippen LogP contribution in [0.5, 0.6) is 0 Å². The van der Waals surface area contributed by atoms with Crippen LogP contribution in [-0.4, -0.2) is 81.3 Å². The Bertz CT molecular complexity index is 1610. The van der Waals surface area contributed by atoms with Crippen LogP contribution in [-0.2, 0) is 17.5 Å². The average Bonchev–Trinajstić information content (AvgIpc) is 2.89. The van der Waals surface area contributed by atoms with Crippen LogP contribution in [0.2, 0.25) is 0 Å². The molecule has 2 aromatic carbocycles. The monoisotopic (exact) mass is 593 g/mol. The van der Waals surface area contributed by atoms with Gasteiger partial charge < -0.3 is 9.80 Å². The Morgan fingerprint density at radius 1 is 1.24 bits per heavy atom. The molecule has 5 rings (SSSR count). The fourth-order valence-corrected chi connectivity index (χ4v) is 7.87. The molecule has 1 aromatic heterocycles. The van der Waals surface area contributed by atoms with Gasteiger partial charge in [0.2, 0.25) is 5.91 Å². The first-order chi connectivity index (χ1) is 19.3. The second kappa shape index (κ2) is 10.5. The smallest absolute Gasteiger partial charge is 0.336 e. The van der Waals surface area contributed by atoms with Gasteiger partial charge in [-0.05, 0) is 45.3 Å². The van der Waals surface area contributed by atoms with Crippen LogP contribution in [0, 0.1) is 11.6 Å². The van der Waals surface area contributed by atoms with Gasteiger partial charge in [-0.1, -0.05) is 18.3 Å². The summed E-state index contributed by atoms with van der Waals surface area (Å²) in [5, 5.41) is 0.0820. The average molecular weight is 594 g/mol. The molecule has 2 unspecified atom stereocenters. The molecule has 2 aliphatic rings. The van der Waals surface area contributed by atoms with Crippen molar-refractivity contribution < 1.29 is 26.7 Å². The second-order valence-electron chi connectivity index (χ2n) is 10.6. The predicted octanol–water partition coefficient (Wildman–Crippen LogP) is 4.44. The fourth-order valence-electron chi connectivity index (χ4n) is 5.94. The lowest BCUT2D eigenvalue weighted by molar-refractivity contribution is -0.137. The van der Waals surface area contributed by atoms with E-state index in [1.54, 1.807) is 4.90 Å². The van der Waals surface area contributed by atoms with E-state index in [9.17, 15) is 27.2 Å². The quantitative estimate of drug-likeness (QED) is 0.322. The molecule has 1 saturated heterocycles. The molecular formula is C28H28F5N5O2S. The van der Waals surface area contributed by atoms with Crippen molar-refractivity contribution in [1.29, 1.82) is 0 Å². The maximum atomic E-state index is 15.2. The van der Waals surface area contributed by atoms with Gasteiger partial charge in [-0.3, -0.25) is 14.3 Å². The van der Waals surface area contributed by atoms with Gasteiger partial charge in [0.05, 0.1) is 17.6 Å². The van der Waals surface area contributed by atoms with E-state index in [1.165, 1.54) is 10.6 Å². The number of piperazine rings is 1. The third kappa shape index (κ3) is 5.15. The van der Waals surface area contributed by atoms with Crippen molar-refractivity contribution in [1.82, 2.24) is 24.3 Å². The summed E-state index contributed by atoms with van der Waals surface area (Å²) in [7, 11) is 3.63. The summed E-state index contributed by atoms with van der Waals surface area (Å²) >= 11 is 1.14. The number of thioether (sulfide) groups is 1. The van der Waals surface area contributed by atoms with Crippen LogP contribution >= 0.6 is 11.8 Å². The van der Waals surface area contributed by atoms with E-state index in [4.69, 9.17) is 0 Å². The van der Waals surface area contributed by atoms with Gasteiger partial charge in [0.1, 0.15) is 16.5 Å². The molecule has 1 amide bonds. The summed E-state index contributed by atoms with van der Waals surface area (Å²) in [4.78, 5) is 34.1. The zero-order valence-electron chi connectivity index (χ0n) is 22.6. The summed E-state index contributed by atoms with van der Waals surface area (Å²) in [5.41, 5.74) is -2.43. The van der Waals surface area contributed by atoms with Gasteiger partial charge in [0, 0.05) is 65.9 Å². The molecule has 0 bridgehead atoms. The van der Waals surface area contributed by atoms with E-state index in [1.807, 2.05) is 25.9 Å². The van der Waals surface area contributed by atoms with Crippen LogP contribution in [0.1, 0.15) is 12.5 Å². The number of carbonyl (C=O) groups excluding carboxylic acids is 1. The topological polar surface area (TPSA) is 61.7 Å². The molecule has 1 fully saturated rings. The van der Waals surface area contributed by atoms with Crippen molar-refractivity contribution >= 4 is 28.6 Å². The van der Waals surface area contributed by atoms with E-state index in [-0.39, 0.29) is 34.3 Å². The van der Waals surface area contributed by atoms with E-state index in [0.717, 1.165) is 36.2 Å². The molecule has 7 nitrogen and oxygen atoms in total. The van der Waals surface area contributed by atoms with E-state index >= 15 is 4.39 Å². The number of likely N-dealkylation sites (N-methyl/N-ethyl adjacent to an activating group) is 1. The van der Waals surface area contributed by atoms with Crippen molar-refractivity contribution in [3.63, 3.8) is 0 Å². The normalized spacial score (nSPS) is 21.5. The molecule has 2 aliphatic heterocycles. The van der Waals surface area contributed by atoms with Crippen molar-refractivity contribution in [2.24, 2.45) is 0 Å². The van der Waals surface area contributed by atoms with E-state index in [2.05, 4.69) is 16.5 Å². The fraction of sp³-hybridized carbons (Fsp3) is 0.393. The Morgan fingerprint density at radius 2 is 1.98 bits per heavy atom. The Kier molecular flexibility index (Phi) is 7.49. The standard InChI is InChI=1S/C28H28F5N5O2S/c1-5-22(39)36-8-9-38(16(2)13-36)27(14-35(3)4)15-37-24-17(12-34-26(37)40)10-20(28(31,32)33)23(25(24)41-27)19-7-6-18(29)11-21(19)30/h5-7,10-12,16H,1,8-9,13-15H2,2-4H3. The zero-order valence-corrected chi connectivity index (χ0v) is 23.5. The van der Waals surface area contributed by atoms with Gasteiger partial charge >= 0.3 is 11.9 Å². The zero-order chi connectivity index (χ0) is 29.9. The third-order valence-corrected chi connectivity index (χ3v) is 8.98. The minimum Gasteiger partial charge on any atom is -0.336 e. The molecule has 0 saturated carbocycles. The number of rotatable bonds is 5. The molecule has 2 atom stereocenters. The number of alkyl halides is 3. The Hall–Kier alpha value is -3.29. The lowest BCUT2D eigenvalue weighted by Crippen LogP contribution is -2.65. The molecule has 41 heavy (non-hydrogen) atoms. The number of benzene rings is 2. The number of hydrogen-bond acceptors (Lipinski definition) is 6. The largest absolute Gasteiger partial charge is 0.417 e. The van der Waals surface area contributed by atoms with Gasteiger partial charge in [-0.25, -0.2) is 18.6 Å². The minimum atomic E-state index is -4.89. The van der Waals surface area contributed by atoms with Gasteiger partial charge in [-0.2, -0.15) is 13.2 Å². The summed E-state index contributed by atoms with van der Waals surface area (Å²) < 4.78 is 74.2. The number of carbonyl (C=O) groups is 1. The Morgan fingerprint density at radius 3 is 2.59 bits per heavy atom. The molecule has 0 aliphatic carbocycles. The van der Waals surface area contributed by atoms with Crippen molar-refractivity contribution in [3.8, 4) is 11.1 Å². The lowest BCUT2D eigenvalue weighted by atomic mass is 9.96. The van der Waals surface area contributed by atoms with E-state index in [0.29, 0.717) is 32.2 Å². The predicted molar refractivity (Wildman–Crippen MR) is 146 cm³/mol. The Balaban J connectivity index is 1.80. The molecule has 0 spiro atoms. The number of aromatic nitrogens is 2. The third-order valence-electron chi connectivity index (χ3n) is 7.50. The van der Waals surface area contributed by atoms with Gasteiger partial charge in [0.15, 0.2) is 0 Å². The van der Waals surface area contributed by atoms with Crippen LogP contribution in [0.25, 0.3) is 22.0 Å². The number of nitrogens with zero attached hydrogens (tertiary/aromatic N) is 5. The summed E-state index contributed by atoms with van der Waals surface area (Å²) in [6.45, 7) is 6.91. The van der Waals surface area contributed by atoms with Crippen molar-refractivity contribution in [3.05, 3.63) is 70.8 Å². The number of halogens is 5. The molecule has 3 aromatic rings. The van der Waals surface area contributed by atoms with Gasteiger partial charge in [-0.15, -0.1) is 0 Å². The highest BCUT2D eigenvalue weighted by atomic mass is 32.2. The first kappa shape index (κ1) is 29.2. The highest BCUT2D eigenvalue weighted by Gasteiger charge is 2.48. The number of amides is 1. The first-order valence-electron chi connectivity index (χ1n) is 12.9. The molecule has 13 heteroatoms. The SMILES string of the molecule is C=CC(=O)N1CCN(C2(CN(C)C)Cn3c(=O)ncc4cc(C(F)(F)F)c(-c5ccc(F)cc5F)c(c43)S2)C(C)C1. The summed E-state index contributed by atoms with van der Waals surface area (Å²) in [5.74, 6) is -2.30. The first-order valence-corrected chi connectivity index (χ1v) is 13.7. The van der Waals surface area contributed by atoms with Gasteiger partial charge in [0.25, 0.3) is 0 Å². The minimum absolute atomic E-state index is 0.0599. The number of hydrogen-bond donors (Lipinski definition) is 0. The molecule has 0 radical (unpaired) electrons. The molecule has 3 heterocycles. The van der Waals surface area contributed by atoms with Crippen molar-refractivity contribution in [2.75, 3.05) is 40.3 Å². The van der Waals surface area contributed by atoms with Crippen molar-refractivity contribution in [2.45, 2.75) is 35.5 Å². The molecule has 0 N–H and O–H groups in total. The van der Waals surface area contributed by atoms with Crippen LogP contribution in [0.3, 0.4) is 0 Å². The highest BCUT2D eigenvalue weighted by Crippen LogP contribution is 2.53. The van der Waals surface area contributed by atoms with Crippen LogP contribution < -0.4 is 5.69 Å². The van der Waals surface area contributed by atoms with Crippen LogP contribution in [0.15, 0.2) is 52.8 Å². The maximum absolute atomic E-state index is 15.2. The second-order valence-corrected chi connectivity index (χ2v) is 12.0. The molecule has 218 valence electrons. The van der Waals surface area contributed by atoms with E-state index < -0.39 is 45.1 Å². The summed E-state index contributed by atoms with van der Waals surface area (Å²) in [6, 6.07) is 3.06. The Labute approximate surface area is 237 Å². The molecular weight excluding hydrogens is 565 g/mol. The van der Waals surface area contributed by atoms with Crippen LogP contribution in [0.4, 0.5) is 22.0 Å². The summed E-state index contributed by atoms with van der Waals surface area (Å²) in [6.07, 6.45) is -2.56. The highest BCUT2D eigenvalue weighted by molar-refractivity contribution is 8.01.